The summed E-state index contributed by atoms with van der Waals surface area (Å²) in [5.41, 5.74) is -1.42. The summed E-state index contributed by atoms with van der Waals surface area (Å²) in [6, 6.07) is 0. The Hall–Kier alpha value is -3.04. The molecule has 0 bridgehead atoms. The van der Waals surface area contributed by atoms with Crippen molar-refractivity contribution in [2.24, 2.45) is 10.8 Å². The molecule has 47 heavy (non-hydrogen) atoms. The van der Waals surface area contributed by atoms with Crippen molar-refractivity contribution >= 4 is 0 Å². The summed E-state index contributed by atoms with van der Waals surface area (Å²) in [6.07, 6.45) is 8.21. The molecule has 0 atom stereocenters. The molecule has 0 aromatic carbocycles. The van der Waals surface area contributed by atoms with E-state index in [0.717, 1.165) is 0 Å². The molecule has 0 aromatic rings. The minimum Gasteiger partial charge on any atom is -0.499 e. The van der Waals surface area contributed by atoms with Gasteiger partial charge in [-0.2, -0.15) is 0 Å². The maximum Gasteiger partial charge on any atom is 0.111 e. The van der Waals surface area contributed by atoms with E-state index in [9.17, 15) is 0 Å². The van der Waals surface area contributed by atoms with Gasteiger partial charge in [-0.05, 0) is 0 Å². The Morgan fingerprint density at radius 1 is 0.255 bits per heavy atom. The molecule has 0 spiro atoms. The van der Waals surface area contributed by atoms with Gasteiger partial charge in [0.2, 0.25) is 0 Å². The Balaban J connectivity index is 5.93. The second kappa shape index (κ2) is 32.9. The van der Waals surface area contributed by atoms with Crippen LogP contribution in [-0.2, 0) is 61.6 Å². The summed E-state index contributed by atoms with van der Waals surface area (Å²) in [7, 11) is 0. The molecule has 0 unspecified atom stereocenters. The highest BCUT2D eigenvalue weighted by Crippen LogP contribution is 2.25. The lowest BCUT2D eigenvalue weighted by molar-refractivity contribution is -0.147. The highest BCUT2D eigenvalue weighted by atomic mass is 16.6. The topological polar surface area (TPSA) is 120 Å². The summed E-state index contributed by atoms with van der Waals surface area (Å²) >= 11 is 0. The monoisotopic (exact) mass is 674 g/mol. The van der Waals surface area contributed by atoms with Gasteiger partial charge in [0.25, 0.3) is 0 Å². The summed E-state index contributed by atoms with van der Waals surface area (Å²) in [5, 5.41) is 0. The van der Waals surface area contributed by atoms with Gasteiger partial charge in [-0.15, -0.1) is 0 Å². The molecule has 0 radical (unpaired) electrons. The van der Waals surface area contributed by atoms with E-state index in [-0.39, 0.29) is 52.9 Å². The van der Waals surface area contributed by atoms with Gasteiger partial charge in [0.15, 0.2) is 0 Å². The molecule has 0 saturated heterocycles. The summed E-state index contributed by atoms with van der Waals surface area (Å²) in [4.78, 5) is 0. The SMILES string of the molecule is C=COCCOCC(COCCOC=C)(COCCOC=C)COCC(COCCOC=C)(COCCOC=C)COCCOC=C. The van der Waals surface area contributed by atoms with Crippen molar-refractivity contribution in [3.8, 4) is 0 Å². The Labute approximate surface area is 281 Å². The predicted octanol–water partition coefficient (Wildman–Crippen LogP) is 4.04. The zero-order valence-corrected chi connectivity index (χ0v) is 28.2. The van der Waals surface area contributed by atoms with E-state index in [1.807, 2.05) is 0 Å². The van der Waals surface area contributed by atoms with Crippen molar-refractivity contribution in [1.82, 2.24) is 0 Å². The van der Waals surface area contributed by atoms with Crippen LogP contribution in [0.5, 0.6) is 0 Å². The Morgan fingerprint density at radius 3 is 0.596 bits per heavy atom. The maximum atomic E-state index is 6.47. The van der Waals surface area contributed by atoms with Gasteiger partial charge in [-0.3, -0.25) is 0 Å². The van der Waals surface area contributed by atoms with Gasteiger partial charge in [0, 0.05) is 0 Å². The lowest BCUT2D eigenvalue weighted by Gasteiger charge is -2.36. The zero-order chi connectivity index (χ0) is 34.6. The van der Waals surface area contributed by atoms with E-state index >= 15 is 0 Å². The Bertz CT molecular complexity index is 624. The van der Waals surface area contributed by atoms with Crippen LogP contribution in [0.15, 0.2) is 77.0 Å². The molecule has 272 valence electrons. The molecule has 13 heteroatoms. The van der Waals surface area contributed by atoms with Crippen LogP contribution in [0.2, 0.25) is 0 Å². The lowest BCUT2D eigenvalue weighted by atomic mass is 9.90. The van der Waals surface area contributed by atoms with Crippen LogP contribution in [0.4, 0.5) is 0 Å². The molecule has 0 aromatic heterocycles. The van der Waals surface area contributed by atoms with Gasteiger partial charge >= 0.3 is 0 Å². The first-order valence-electron chi connectivity index (χ1n) is 15.5. The van der Waals surface area contributed by atoms with Crippen LogP contribution in [0.1, 0.15) is 0 Å². The molecule has 0 aliphatic rings. The lowest BCUT2D eigenvalue weighted by Crippen LogP contribution is -2.46. The van der Waals surface area contributed by atoms with Gasteiger partial charge in [-0.1, -0.05) is 39.5 Å². The maximum absolute atomic E-state index is 6.47. The largest absolute Gasteiger partial charge is 0.499 e. The second-order valence-corrected chi connectivity index (χ2v) is 10.0. The van der Waals surface area contributed by atoms with E-state index in [0.29, 0.717) is 79.3 Å². The average molecular weight is 675 g/mol. The number of hydrogen-bond donors (Lipinski definition) is 0. The van der Waals surface area contributed by atoms with E-state index in [1.54, 1.807) is 0 Å². The van der Waals surface area contributed by atoms with E-state index < -0.39 is 10.8 Å². The Kier molecular flexibility index (Phi) is 30.8. The Morgan fingerprint density at radius 2 is 0.426 bits per heavy atom. The van der Waals surface area contributed by atoms with E-state index in [1.165, 1.54) is 37.6 Å². The summed E-state index contributed by atoms with van der Waals surface area (Å²) in [6.45, 7) is 27.4. The fourth-order valence-electron chi connectivity index (χ4n) is 3.86. The fourth-order valence-corrected chi connectivity index (χ4v) is 3.86. The molecule has 0 saturated carbocycles. The molecular formula is C34H58O13. The van der Waals surface area contributed by atoms with Gasteiger partial charge < -0.3 is 61.6 Å². The predicted molar refractivity (Wildman–Crippen MR) is 177 cm³/mol. The number of ether oxygens (including phenoxy) is 13. The van der Waals surface area contributed by atoms with Crippen LogP contribution in [0, 0.1) is 10.8 Å². The first-order valence-corrected chi connectivity index (χ1v) is 15.5. The van der Waals surface area contributed by atoms with Crippen molar-refractivity contribution in [3.63, 3.8) is 0 Å². The fraction of sp³-hybridized carbons (Fsp3) is 0.647. The van der Waals surface area contributed by atoms with E-state index in [2.05, 4.69) is 39.5 Å². The number of rotatable bonds is 40. The van der Waals surface area contributed by atoms with Crippen LogP contribution < -0.4 is 0 Å². The molecule has 0 fully saturated rings. The van der Waals surface area contributed by atoms with Crippen molar-refractivity contribution in [1.29, 1.82) is 0 Å². The smallest absolute Gasteiger partial charge is 0.111 e. The highest BCUT2D eigenvalue weighted by Gasteiger charge is 2.37. The van der Waals surface area contributed by atoms with Crippen LogP contribution in [-0.4, -0.2) is 132 Å². The van der Waals surface area contributed by atoms with Crippen molar-refractivity contribution < 1.29 is 61.6 Å². The molecule has 0 aliphatic heterocycles. The first-order chi connectivity index (χ1) is 23.1. The third kappa shape index (κ3) is 25.7. The quantitative estimate of drug-likeness (QED) is 0.0688. The number of hydrogen-bond acceptors (Lipinski definition) is 13. The third-order valence-electron chi connectivity index (χ3n) is 6.05. The molecule has 0 heterocycles. The van der Waals surface area contributed by atoms with Crippen LogP contribution in [0.3, 0.4) is 0 Å². The minimum absolute atomic E-state index is 0.209. The van der Waals surface area contributed by atoms with Gasteiger partial charge in [0.1, 0.15) is 39.6 Å². The summed E-state index contributed by atoms with van der Waals surface area (Å²) in [5.74, 6) is 0. The van der Waals surface area contributed by atoms with Crippen LogP contribution >= 0.6 is 0 Å². The van der Waals surface area contributed by atoms with Gasteiger partial charge in [0.05, 0.1) is 141 Å². The normalized spacial score (nSPS) is 11.2. The molecule has 0 N–H and O–H groups in total. The molecular weight excluding hydrogens is 616 g/mol. The molecule has 0 amide bonds. The second-order valence-electron chi connectivity index (χ2n) is 10.0. The highest BCUT2D eigenvalue weighted by molar-refractivity contribution is 4.83. The standard InChI is InChI=1S/C34H58O13/c1-7-35-13-19-41-25-33(26-42-20-14-36-8-2,27-43-21-15-37-9-3)31-47-32-34(28-44-22-16-38-10-4,29-45-23-17-39-11-5)30-46-24-18-40-12-6/h7-12H,1-6,13-32H2. The minimum atomic E-state index is -0.710. The van der Waals surface area contributed by atoms with Crippen LogP contribution in [0.25, 0.3) is 0 Å². The molecule has 13 nitrogen and oxygen atoms in total. The average Bonchev–Trinajstić information content (AvgIpc) is 3.07. The van der Waals surface area contributed by atoms with Crippen molar-refractivity contribution in [2.75, 3.05) is 132 Å². The van der Waals surface area contributed by atoms with E-state index in [4.69, 9.17) is 61.6 Å². The zero-order valence-electron chi connectivity index (χ0n) is 28.2. The molecule has 0 aliphatic carbocycles. The summed E-state index contributed by atoms with van der Waals surface area (Å²) < 4.78 is 73.8. The third-order valence-corrected chi connectivity index (χ3v) is 6.05. The first kappa shape index (κ1) is 44.0. The van der Waals surface area contributed by atoms with Crippen molar-refractivity contribution in [2.45, 2.75) is 0 Å². The molecule has 0 rings (SSSR count). The van der Waals surface area contributed by atoms with Gasteiger partial charge in [-0.25, -0.2) is 0 Å². The van der Waals surface area contributed by atoms with Crippen molar-refractivity contribution in [3.05, 3.63) is 77.0 Å².